The summed E-state index contributed by atoms with van der Waals surface area (Å²) in [4.78, 5) is 10.4. The Hall–Kier alpha value is -1.98. The first-order valence-electron chi connectivity index (χ1n) is 4.11. The molecule has 14 heavy (non-hydrogen) atoms. The molecular weight excluding hydrogens is 182 g/mol. The molecule has 2 heterocycles. The molecule has 0 aliphatic carbocycles. The van der Waals surface area contributed by atoms with Crippen molar-refractivity contribution in [1.29, 1.82) is 0 Å². The lowest BCUT2D eigenvalue weighted by molar-refractivity contribution is 0.112. The third-order valence-corrected chi connectivity index (χ3v) is 1.76. The van der Waals surface area contributed by atoms with E-state index in [1.165, 1.54) is 6.20 Å². The van der Waals surface area contributed by atoms with Crippen LogP contribution in [0.1, 0.15) is 16.1 Å². The minimum Gasteiger partial charge on any atom is -0.298 e. The van der Waals surface area contributed by atoms with Crippen molar-refractivity contribution in [3.8, 4) is 0 Å². The van der Waals surface area contributed by atoms with Crippen molar-refractivity contribution in [2.45, 2.75) is 6.54 Å². The van der Waals surface area contributed by atoms with Crippen LogP contribution in [0.2, 0.25) is 0 Å². The number of rotatable bonds is 3. The Kier molecular flexibility index (Phi) is 2.10. The lowest BCUT2D eigenvalue weighted by Crippen LogP contribution is -2.00. The SMILES string of the molecule is Cn1cc(Cn2cc(C=O)cn2)nn1. The summed E-state index contributed by atoms with van der Waals surface area (Å²) in [5.74, 6) is 0. The van der Waals surface area contributed by atoms with Crippen LogP contribution < -0.4 is 0 Å². The second kappa shape index (κ2) is 3.41. The van der Waals surface area contributed by atoms with Crippen LogP contribution in [0.25, 0.3) is 0 Å². The second-order valence-corrected chi connectivity index (χ2v) is 2.97. The fourth-order valence-electron chi connectivity index (χ4n) is 1.16. The van der Waals surface area contributed by atoms with Crippen molar-refractivity contribution in [2.75, 3.05) is 0 Å². The van der Waals surface area contributed by atoms with E-state index < -0.39 is 0 Å². The third-order valence-electron chi connectivity index (χ3n) is 1.76. The fraction of sp³-hybridized carbons (Fsp3) is 0.250. The molecule has 2 aromatic heterocycles. The maximum absolute atomic E-state index is 10.4. The molecule has 0 spiro atoms. The Labute approximate surface area is 80.1 Å². The molecule has 0 unspecified atom stereocenters. The van der Waals surface area contributed by atoms with E-state index in [0.717, 1.165) is 12.0 Å². The van der Waals surface area contributed by atoms with Gasteiger partial charge in [0.05, 0.1) is 18.3 Å². The smallest absolute Gasteiger partial charge is 0.153 e. The zero-order chi connectivity index (χ0) is 9.97. The molecule has 0 amide bonds. The van der Waals surface area contributed by atoms with E-state index in [1.54, 1.807) is 22.6 Å². The molecule has 0 N–H and O–H groups in total. The molecule has 0 saturated heterocycles. The number of aromatic nitrogens is 5. The van der Waals surface area contributed by atoms with Crippen LogP contribution in [-0.4, -0.2) is 31.1 Å². The topological polar surface area (TPSA) is 65.6 Å². The van der Waals surface area contributed by atoms with E-state index in [9.17, 15) is 4.79 Å². The highest BCUT2D eigenvalue weighted by atomic mass is 16.1. The highest BCUT2D eigenvalue weighted by molar-refractivity contribution is 5.73. The number of hydrogen-bond acceptors (Lipinski definition) is 4. The Balaban J connectivity index is 2.14. The average molecular weight is 191 g/mol. The largest absolute Gasteiger partial charge is 0.298 e. The van der Waals surface area contributed by atoms with Gasteiger partial charge in [-0.25, -0.2) is 0 Å². The summed E-state index contributed by atoms with van der Waals surface area (Å²) in [5.41, 5.74) is 1.38. The van der Waals surface area contributed by atoms with Crippen molar-refractivity contribution >= 4 is 6.29 Å². The summed E-state index contributed by atoms with van der Waals surface area (Å²) in [6.07, 6.45) is 5.76. The van der Waals surface area contributed by atoms with Crippen molar-refractivity contribution in [2.24, 2.45) is 7.05 Å². The number of hydrogen-bond donors (Lipinski definition) is 0. The normalized spacial score (nSPS) is 10.4. The lowest BCUT2D eigenvalue weighted by atomic mass is 10.4. The first kappa shape index (κ1) is 8.61. The van der Waals surface area contributed by atoms with Gasteiger partial charge in [0.25, 0.3) is 0 Å². The van der Waals surface area contributed by atoms with Crippen molar-refractivity contribution in [3.63, 3.8) is 0 Å². The van der Waals surface area contributed by atoms with Gasteiger partial charge in [-0.1, -0.05) is 5.21 Å². The molecule has 72 valence electrons. The molecular formula is C8H9N5O. The van der Waals surface area contributed by atoms with Crippen LogP contribution in [0.15, 0.2) is 18.6 Å². The van der Waals surface area contributed by atoms with Gasteiger partial charge in [-0.2, -0.15) is 5.10 Å². The van der Waals surface area contributed by atoms with Crippen molar-refractivity contribution in [3.05, 3.63) is 29.8 Å². The van der Waals surface area contributed by atoms with Gasteiger partial charge in [-0.15, -0.1) is 5.10 Å². The molecule has 6 nitrogen and oxygen atoms in total. The highest BCUT2D eigenvalue weighted by Crippen LogP contribution is 1.98. The summed E-state index contributed by atoms with van der Waals surface area (Å²) in [5, 5.41) is 11.7. The van der Waals surface area contributed by atoms with Crippen LogP contribution in [0.5, 0.6) is 0 Å². The standard InChI is InChI=1S/C8H9N5O/c1-12-4-8(10-11-12)5-13-3-7(6-14)2-9-13/h2-4,6H,5H2,1H3. The quantitative estimate of drug-likeness (QED) is 0.634. The number of nitrogens with zero attached hydrogens (tertiary/aromatic N) is 5. The van der Waals surface area contributed by atoms with Gasteiger partial charge in [0.1, 0.15) is 5.69 Å². The molecule has 2 rings (SSSR count). The van der Waals surface area contributed by atoms with Gasteiger partial charge in [0.2, 0.25) is 0 Å². The number of aldehydes is 1. The Morgan fingerprint density at radius 3 is 2.93 bits per heavy atom. The van der Waals surface area contributed by atoms with Crippen LogP contribution in [0.4, 0.5) is 0 Å². The van der Waals surface area contributed by atoms with Crippen LogP contribution in [-0.2, 0) is 13.6 Å². The Bertz CT molecular complexity index is 444. The molecule has 0 bridgehead atoms. The van der Waals surface area contributed by atoms with Crippen LogP contribution in [0.3, 0.4) is 0 Å². The summed E-state index contributed by atoms with van der Waals surface area (Å²) >= 11 is 0. The molecule has 0 aliphatic heterocycles. The van der Waals surface area contributed by atoms with E-state index in [1.807, 2.05) is 6.20 Å². The monoisotopic (exact) mass is 191 g/mol. The number of carbonyl (C=O) groups is 1. The van der Waals surface area contributed by atoms with Gasteiger partial charge < -0.3 is 0 Å². The maximum atomic E-state index is 10.4. The van der Waals surface area contributed by atoms with E-state index in [2.05, 4.69) is 15.4 Å². The predicted molar refractivity (Wildman–Crippen MR) is 47.7 cm³/mol. The molecule has 0 saturated carbocycles. The van der Waals surface area contributed by atoms with Gasteiger partial charge in [-0.3, -0.25) is 14.2 Å². The predicted octanol–water partition coefficient (Wildman–Crippen LogP) is -0.128. The third kappa shape index (κ3) is 1.68. The fourth-order valence-corrected chi connectivity index (χ4v) is 1.16. The van der Waals surface area contributed by atoms with Gasteiger partial charge in [0, 0.05) is 19.4 Å². The molecule has 6 heteroatoms. The summed E-state index contributed by atoms with van der Waals surface area (Å²) in [6.45, 7) is 0.529. The number of aryl methyl sites for hydroxylation is 1. The molecule has 0 fully saturated rings. The molecule has 0 aliphatic rings. The number of carbonyl (C=O) groups excluding carboxylic acids is 1. The van der Waals surface area contributed by atoms with Gasteiger partial charge in [-0.05, 0) is 0 Å². The van der Waals surface area contributed by atoms with Gasteiger partial charge in [0.15, 0.2) is 6.29 Å². The Morgan fingerprint density at radius 2 is 2.36 bits per heavy atom. The molecule has 2 aromatic rings. The molecule has 0 radical (unpaired) electrons. The maximum Gasteiger partial charge on any atom is 0.153 e. The zero-order valence-electron chi connectivity index (χ0n) is 7.66. The van der Waals surface area contributed by atoms with Crippen LogP contribution in [0, 0.1) is 0 Å². The summed E-state index contributed by atoms with van der Waals surface area (Å²) < 4.78 is 3.27. The van der Waals surface area contributed by atoms with Crippen molar-refractivity contribution in [1.82, 2.24) is 24.8 Å². The first-order chi connectivity index (χ1) is 6.78. The second-order valence-electron chi connectivity index (χ2n) is 2.97. The summed E-state index contributed by atoms with van der Waals surface area (Å²) in [6, 6.07) is 0. The highest BCUT2D eigenvalue weighted by Gasteiger charge is 2.01. The van der Waals surface area contributed by atoms with Crippen molar-refractivity contribution < 1.29 is 4.79 Å². The van der Waals surface area contributed by atoms with E-state index in [4.69, 9.17) is 0 Å². The van der Waals surface area contributed by atoms with E-state index >= 15 is 0 Å². The van der Waals surface area contributed by atoms with Crippen LogP contribution >= 0.6 is 0 Å². The summed E-state index contributed by atoms with van der Waals surface area (Å²) in [7, 11) is 1.80. The Morgan fingerprint density at radius 1 is 1.50 bits per heavy atom. The zero-order valence-corrected chi connectivity index (χ0v) is 7.66. The minimum atomic E-state index is 0.529. The van der Waals surface area contributed by atoms with E-state index in [-0.39, 0.29) is 0 Å². The van der Waals surface area contributed by atoms with Gasteiger partial charge >= 0.3 is 0 Å². The lowest BCUT2D eigenvalue weighted by Gasteiger charge is -1.94. The first-order valence-corrected chi connectivity index (χ1v) is 4.11. The molecule has 0 aromatic carbocycles. The molecule has 0 atom stereocenters. The average Bonchev–Trinajstić information content (AvgIpc) is 2.76. The van der Waals surface area contributed by atoms with E-state index in [0.29, 0.717) is 12.1 Å². The minimum absolute atomic E-state index is 0.529.